The highest BCUT2D eigenvalue weighted by molar-refractivity contribution is 7.15. The normalized spacial score (nSPS) is 12.8. The van der Waals surface area contributed by atoms with Crippen molar-refractivity contribution in [2.75, 3.05) is 5.32 Å². The van der Waals surface area contributed by atoms with Crippen LogP contribution in [-0.4, -0.2) is 4.98 Å². The summed E-state index contributed by atoms with van der Waals surface area (Å²) in [5, 5.41) is 4.45. The Morgan fingerprint density at radius 1 is 1.19 bits per heavy atom. The molecule has 0 fully saturated rings. The Morgan fingerprint density at radius 3 is 2.44 bits per heavy atom. The molecule has 86 valence electrons. The monoisotopic (exact) mass is 252 g/mol. The summed E-state index contributed by atoms with van der Waals surface area (Å²) in [6.07, 6.45) is 1.91. The first kappa shape index (κ1) is 11.6. The van der Waals surface area contributed by atoms with E-state index in [0.717, 1.165) is 5.13 Å². The van der Waals surface area contributed by atoms with Gasteiger partial charge < -0.3 is 5.32 Å². The minimum Gasteiger partial charge on any atom is -0.355 e. The van der Waals surface area contributed by atoms with Crippen LogP contribution in [-0.2, 0) is 0 Å². The summed E-state index contributed by atoms with van der Waals surface area (Å²) in [7, 11) is 0. The molecule has 0 bridgehead atoms. The van der Waals surface area contributed by atoms with Crippen LogP contribution in [0.5, 0.6) is 0 Å². The van der Waals surface area contributed by atoms with E-state index in [2.05, 4.69) is 44.1 Å². The lowest BCUT2D eigenvalue weighted by Crippen LogP contribution is -2.06. The number of aromatic nitrogens is 1. The van der Waals surface area contributed by atoms with Gasteiger partial charge in [0.2, 0.25) is 0 Å². The van der Waals surface area contributed by atoms with E-state index in [9.17, 15) is 0 Å². The van der Waals surface area contributed by atoms with Crippen LogP contribution >= 0.6 is 22.7 Å². The minimum absolute atomic E-state index is 0.329. The van der Waals surface area contributed by atoms with Crippen LogP contribution < -0.4 is 5.32 Å². The molecule has 2 heterocycles. The molecule has 1 unspecified atom stereocenters. The highest BCUT2D eigenvalue weighted by Crippen LogP contribution is 2.29. The van der Waals surface area contributed by atoms with Gasteiger partial charge in [-0.3, -0.25) is 0 Å². The van der Waals surface area contributed by atoms with Crippen molar-refractivity contribution >= 4 is 27.8 Å². The molecule has 4 heteroatoms. The maximum Gasteiger partial charge on any atom is 0.183 e. The first-order valence-electron chi connectivity index (χ1n) is 5.32. The fraction of sp³-hybridized carbons (Fsp3) is 0.417. The van der Waals surface area contributed by atoms with Gasteiger partial charge in [-0.25, -0.2) is 4.98 Å². The maximum atomic E-state index is 4.33. The zero-order chi connectivity index (χ0) is 11.7. The van der Waals surface area contributed by atoms with Crippen LogP contribution in [0.25, 0.3) is 0 Å². The number of aryl methyl sites for hydroxylation is 3. The molecule has 0 aromatic carbocycles. The third kappa shape index (κ3) is 2.44. The first-order chi connectivity index (χ1) is 7.56. The lowest BCUT2D eigenvalue weighted by atomic mass is 10.1. The van der Waals surface area contributed by atoms with E-state index in [-0.39, 0.29) is 0 Å². The standard InChI is InChI=1S/C12H16N2S2/c1-7-5-11(10(4)15-7)9(3)14-12-13-6-8(2)16-12/h5-6,9H,1-4H3,(H,13,14). The van der Waals surface area contributed by atoms with E-state index in [1.54, 1.807) is 11.3 Å². The van der Waals surface area contributed by atoms with Gasteiger partial charge in [0.15, 0.2) is 5.13 Å². The molecule has 2 rings (SSSR count). The van der Waals surface area contributed by atoms with Crippen LogP contribution in [0.4, 0.5) is 5.13 Å². The molecular formula is C12H16N2S2. The summed E-state index contributed by atoms with van der Waals surface area (Å²) in [5.74, 6) is 0. The van der Waals surface area contributed by atoms with Crippen molar-refractivity contribution in [2.45, 2.75) is 33.7 Å². The van der Waals surface area contributed by atoms with E-state index in [4.69, 9.17) is 0 Å². The summed E-state index contributed by atoms with van der Waals surface area (Å²) >= 11 is 3.56. The predicted molar refractivity (Wildman–Crippen MR) is 72.7 cm³/mol. The molecule has 0 aliphatic carbocycles. The van der Waals surface area contributed by atoms with Crippen molar-refractivity contribution in [2.24, 2.45) is 0 Å². The Bertz CT molecular complexity index is 485. The van der Waals surface area contributed by atoms with Gasteiger partial charge in [0.1, 0.15) is 0 Å². The molecule has 0 saturated heterocycles. The summed E-state index contributed by atoms with van der Waals surface area (Å²) in [6, 6.07) is 2.59. The molecule has 1 N–H and O–H groups in total. The second-order valence-electron chi connectivity index (χ2n) is 4.01. The van der Waals surface area contributed by atoms with Crippen molar-refractivity contribution in [3.8, 4) is 0 Å². The quantitative estimate of drug-likeness (QED) is 0.880. The number of nitrogens with one attached hydrogen (secondary N) is 1. The Hall–Kier alpha value is -0.870. The third-order valence-electron chi connectivity index (χ3n) is 2.51. The third-order valence-corrected chi connectivity index (χ3v) is 4.33. The Morgan fingerprint density at radius 2 is 1.94 bits per heavy atom. The Labute approximate surface area is 104 Å². The van der Waals surface area contributed by atoms with E-state index >= 15 is 0 Å². The number of nitrogens with zero attached hydrogens (tertiary/aromatic N) is 1. The highest BCUT2D eigenvalue weighted by Gasteiger charge is 2.12. The predicted octanol–water partition coefficient (Wildman–Crippen LogP) is 4.30. The summed E-state index contributed by atoms with van der Waals surface area (Å²) in [5.41, 5.74) is 1.38. The largest absolute Gasteiger partial charge is 0.355 e. The van der Waals surface area contributed by atoms with E-state index in [1.807, 2.05) is 17.5 Å². The molecule has 2 aromatic rings. The summed E-state index contributed by atoms with van der Waals surface area (Å²) in [4.78, 5) is 8.34. The molecule has 0 aliphatic rings. The van der Waals surface area contributed by atoms with Crippen molar-refractivity contribution in [1.29, 1.82) is 0 Å². The van der Waals surface area contributed by atoms with Gasteiger partial charge in [0.05, 0.1) is 6.04 Å². The number of thiazole rings is 1. The molecule has 0 aliphatic heterocycles. The van der Waals surface area contributed by atoms with E-state index < -0.39 is 0 Å². The minimum atomic E-state index is 0.329. The molecule has 0 saturated carbocycles. The average Bonchev–Trinajstić information content (AvgIpc) is 2.73. The second-order valence-corrected chi connectivity index (χ2v) is 6.71. The zero-order valence-electron chi connectivity index (χ0n) is 10.00. The zero-order valence-corrected chi connectivity index (χ0v) is 11.6. The molecular weight excluding hydrogens is 236 g/mol. The smallest absolute Gasteiger partial charge is 0.183 e. The average molecular weight is 252 g/mol. The maximum absolute atomic E-state index is 4.33. The Balaban J connectivity index is 2.14. The Kier molecular flexibility index (Phi) is 3.30. The number of anilines is 1. The van der Waals surface area contributed by atoms with Gasteiger partial charge in [-0.1, -0.05) is 0 Å². The molecule has 0 radical (unpaired) electrons. The fourth-order valence-electron chi connectivity index (χ4n) is 1.76. The van der Waals surface area contributed by atoms with Gasteiger partial charge in [-0.05, 0) is 39.3 Å². The van der Waals surface area contributed by atoms with Gasteiger partial charge in [0, 0.05) is 20.8 Å². The second kappa shape index (κ2) is 4.55. The number of rotatable bonds is 3. The van der Waals surface area contributed by atoms with Crippen LogP contribution in [0.1, 0.15) is 33.2 Å². The topological polar surface area (TPSA) is 24.9 Å². The van der Waals surface area contributed by atoms with Crippen molar-refractivity contribution in [3.05, 3.63) is 32.5 Å². The van der Waals surface area contributed by atoms with Crippen LogP contribution in [0.2, 0.25) is 0 Å². The number of hydrogen-bond acceptors (Lipinski definition) is 4. The SMILES string of the molecule is Cc1cnc(NC(C)c2cc(C)sc2C)s1. The van der Waals surface area contributed by atoms with Crippen molar-refractivity contribution in [3.63, 3.8) is 0 Å². The fourth-order valence-corrected chi connectivity index (χ4v) is 3.54. The van der Waals surface area contributed by atoms with E-state index in [0.29, 0.717) is 6.04 Å². The lowest BCUT2D eigenvalue weighted by Gasteiger charge is -2.12. The van der Waals surface area contributed by atoms with E-state index in [1.165, 1.54) is 20.2 Å². The molecule has 0 spiro atoms. The molecule has 2 aromatic heterocycles. The van der Waals surface area contributed by atoms with Gasteiger partial charge in [0.25, 0.3) is 0 Å². The molecule has 1 atom stereocenters. The summed E-state index contributed by atoms with van der Waals surface area (Å²) in [6.45, 7) is 8.60. The summed E-state index contributed by atoms with van der Waals surface area (Å²) < 4.78 is 0. The number of hydrogen-bond donors (Lipinski definition) is 1. The molecule has 0 amide bonds. The highest BCUT2D eigenvalue weighted by atomic mass is 32.1. The lowest BCUT2D eigenvalue weighted by molar-refractivity contribution is 0.878. The van der Waals surface area contributed by atoms with Crippen LogP contribution in [0.15, 0.2) is 12.3 Å². The first-order valence-corrected chi connectivity index (χ1v) is 6.95. The van der Waals surface area contributed by atoms with Crippen molar-refractivity contribution < 1.29 is 0 Å². The van der Waals surface area contributed by atoms with Gasteiger partial charge in [-0.2, -0.15) is 0 Å². The number of thiophene rings is 1. The van der Waals surface area contributed by atoms with Gasteiger partial charge in [-0.15, -0.1) is 22.7 Å². The van der Waals surface area contributed by atoms with Gasteiger partial charge >= 0.3 is 0 Å². The van der Waals surface area contributed by atoms with Crippen LogP contribution in [0, 0.1) is 20.8 Å². The molecule has 16 heavy (non-hydrogen) atoms. The van der Waals surface area contributed by atoms with Crippen molar-refractivity contribution in [1.82, 2.24) is 4.98 Å². The van der Waals surface area contributed by atoms with Crippen LogP contribution in [0.3, 0.4) is 0 Å². The molecule has 2 nitrogen and oxygen atoms in total.